The minimum atomic E-state index is 0.571. The average molecular weight is 718 g/mol. The number of hydrogen-bond donors (Lipinski definition) is 0. The number of hydrogen-bond acceptors (Lipinski definition) is 4. The molecule has 5 heteroatoms. The Morgan fingerprint density at radius 1 is 0.304 bits per heavy atom. The fraction of sp³-hybridized carbons (Fsp3) is 0. The molecular weight excluding hydrogens is 683 g/mol. The van der Waals surface area contributed by atoms with E-state index in [2.05, 4.69) is 204 Å². The molecule has 0 N–H and O–H groups in total. The Hall–Kier alpha value is -7.63. The van der Waals surface area contributed by atoms with Gasteiger partial charge in [-0.2, -0.15) is 9.97 Å². The molecule has 8 aromatic carbocycles. The van der Waals surface area contributed by atoms with Gasteiger partial charge in [-0.25, -0.2) is 4.98 Å². The van der Waals surface area contributed by atoms with Gasteiger partial charge in [0.1, 0.15) is 0 Å². The van der Waals surface area contributed by atoms with Crippen LogP contribution in [0.25, 0.3) is 72.8 Å². The van der Waals surface area contributed by atoms with Crippen LogP contribution in [-0.2, 0) is 0 Å². The molecule has 0 bridgehead atoms. The summed E-state index contributed by atoms with van der Waals surface area (Å²) in [4.78, 5) is 17.9. The third-order valence-corrected chi connectivity index (χ3v) is 10.2. The summed E-state index contributed by atoms with van der Waals surface area (Å²) >= 11 is 0. The number of aromatic nitrogens is 4. The van der Waals surface area contributed by atoms with Gasteiger partial charge in [0.2, 0.25) is 5.95 Å². The number of rotatable bonds is 8. The highest BCUT2D eigenvalue weighted by atomic mass is 15.2. The zero-order valence-electron chi connectivity index (χ0n) is 30.4. The molecule has 264 valence electrons. The number of para-hydroxylation sites is 4. The average Bonchev–Trinajstić information content (AvgIpc) is 3.62. The van der Waals surface area contributed by atoms with E-state index in [1.807, 2.05) is 18.2 Å². The highest BCUT2D eigenvalue weighted by Gasteiger charge is 2.19. The molecule has 0 aliphatic rings. The Morgan fingerprint density at radius 3 is 1.25 bits per heavy atom. The van der Waals surface area contributed by atoms with E-state index < -0.39 is 0 Å². The number of fused-ring (bicyclic) bond motifs is 3. The summed E-state index contributed by atoms with van der Waals surface area (Å²) in [6.45, 7) is 0. The molecule has 0 atom stereocenters. The van der Waals surface area contributed by atoms with Gasteiger partial charge < -0.3 is 4.90 Å². The Kier molecular flexibility index (Phi) is 8.43. The second-order valence-electron chi connectivity index (χ2n) is 13.7. The van der Waals surface area contributed by atoms with Crippen LogP contribution in [0.15, 0.2) is 212 Å². The van der Waals surface area contributed by atoms with Gasteiger partial charge >= 0.3 is 0 Å². The van der Waals surface area contributed by atoms with E-state index >= 15 is 0 Å². The minimum absolute atomic E-state index is 0.571. The lowest BCUT2D eigenvalue weighted by Gasteiger charge is -2.26. The minimum Gasteiger partial charge on any atom is -0.310 e. The molecule has 0 saturated heterocycles. The van der Waals surface area contributed by atoms with Crippen molar-refractivity contribution in [3.05, 3.63) is 212 Å². The molecule has 0 fully saturated rings. The van der Waals surface area contributed by atoms with Gasteiger partial charge in [0.05, 0.1) is 11.0 Å². The summed E-state index contributed by atoms with van der Waals surface area (Å²) in [5.41, 5.74) is 11.6. The molecule has 0 aliphatic heterocycles. The first-order valence-corrected chi connectivity index (χ1v) is 18.8. The highest BCUT2D eigenvalue weighted by molar-refractivity contribution is 6.09. The second kappa shape index (κ2) is 14.3. The lowest BCUT2D eigenvalue weighted by atomic mass is 10.0. The van der Waals surface area contributed by atoms with Crippen molar-refractivity contribution >= 4 is 38.9 Å². The van der Waals surface area contributed by atoms with E-state index in [-0.39, 0.29) is 0 Å². The fourth-order valence-corrected chi connectivity index (χ4v) is 7.59. The summed E-state index contributed by atoms with van der Waals surface area (Å²) in [6, 6.07) is 73.9. The molecule has 2 heterocycles. The summed E-state index contributed by atoms with van der Waals surface area (Å²) in [6.07, 6.45) is 0. The molecule has 0 aliphatic carbocycles. The van der Waals surface area contributed by atoms with Gasteiger partial charge in [0.25, 0.3) is 0 Å². The molecule has 0 radical (unpaired) electrons. The van der Waals surface area contributed by atoms with Gasteiger partial charge in [-0.15, -0.1) is 0 Å². The summed E-state index contributed by atoms with van der Waals surface area (Å²) in [5, 5.41) is 2.30. The van der Waals surface area contributed by atoms with Crippen LogP contribution in [0, 0.1) is 0 Å². The molecule has 56 heavy (non-hydrogen) atoms. The number of nitrogens with zero attached hydrogens (tertiary/aromatic N) is 5. The molecule has 5 nitrogen and oxygen atoms in total. The first-order valence-electron chi connectivity index (χ1n) is 18.8. The molecule has 0 spiro atoms. The van der Waals surface area contributed by atoms with E-state index in [9.17, 15) is 0 Å². The quantitative estimate of drug-likeness (QED) is 0.157. The van der Waals surface area contributed by atoms with Gasteiger partial charge in [-0.1, -0.05) is 152 Å². The summed E-state index contributed by atoms with van der Waals surface area (Å²) < 4.78 is 2.16. The molecular formula is C51H35N5. The van der Waals surface area contributed by atoms with E-state index in [1.54, 1.807) is 0 Å². The summed E-state index contributed by atoms with van der Waals surface area (Å²) in [7, 11) is 0. The SMILES string of the molecule is c1ccc(-c2cccc(-c3nc(-c4cccc(-c5cccc(N(c6ccccc6)c6ccccc6)c5)c4)nc(-n4c5ccccc5c5ccccc54)n3)c2)cc1. The Morgan fingerprint density at radius 2 is 0.696 bits per heavy atom. The van der Waals surface area contributed by atoms with Gasteiger partial charge in [-0.3, -0.25) is 4.57 Å². The number of benzene rings is 8. The maximum atomic E-state index is 5.24. The van der Waals surface area contributed by atoms with Crippen LogP contribution in [0.2, 0.25) is 0 Å². The fourth-order valence-electron chi connectivity index (χ4n) is 7.59. The zero-order chi connectivity index (χ0) is 37.3. The van der Waals surface area contributed by atoms with Crippen molar-refractivity contribution in [2.45, 2.75) is 0 Å². The van der Waals surface area contributed by atoms with Gasteiger partial charge in [0.15, 0.2) is 11.6 Å². The lowest BCUT2D eigenvalue weighted by molar-refractivity contribution is 0.953. The normalized spacial score (nSPS) is 11.2. The van der Waals surface area contributed by atoms with Crippen LogP contribution >= 0.6 is 0 Å². The first-order chi connectivity index (χ1) is 27.8. The molecule has 0 unspecified atom stereocenters. The largest absolute Gasteiger partial charge is 0.310 e. The number of anilines is 3. The Labute approximate surface area is 325 Å². The van der Waals surface area contributed by atoms with Crippen molar-refractivity contribution in [1.29, 1.82) is 0 Å². The Bertz CT molecular complexity index is 2880. The monoisotopic (exact) mass is 717 g/mol. The van der Waals surface area contributed by atoms with E-state index in [1.165, 1.54) is 0 Å². The third kappa shape index (κ3) is 6.17. The van der Waals surface area contributed by atoms with E-state index in [0.29, 0.717) is 17.6 Å². The van der Waals surface area contributed by atoms with E-state index in [4.69, 9.17) is 15.0 Å². The maximum Gasteiger partial charge on any atom is 0.238 e. The maximum absolute atomic E-state index is 5.24. The molecule has 2 aromatic heterocycles. The van der Waals surface area contributed by atoms with Crippen LogP contribution in [0.4, 0.5) is 17.1 Å². The standard InChI is InChI=1S/C51H35N5/c1-4-17-36(18-5-1)37-19-14-22-40(33-37)49-52-50(54-51(53-49)56-47-31-12-10-29-45(47)46-30-11-13-32-48(46)56)41-23-15-20-38(34-41)39-21-16-28-44(35-39)55(42-24-6-2-7-25-42)43-26-8-3-9-27-43/h1-35H. The predicted octanol–water partition coefficient (Wildman–Crippen LogP) is 13.1. The molecule has 0 amide bonds. The van der Waals surface area contributed by atoms with Crippen LogP contribution in [0.3, 0.4) is 0 Å². The zero-order valence-corrected chi connectivity index (χ0v) is 30.4. The molecule has 10 rings (SSSR count). The summed E-state index contributed by atoms with van der Waals surface area (Å²) in [5.74, 6) is 1.78. The van der Waals surface area contributed by atoms with Crippen molar-refractivity contribution in [1.82, 2.24) is 19.5 Å². The van der Waals surface area contributed by atoms with E-state index in [0.717, 1.165) is 72.2 Å². The van der Waals surface area contributed by atoms with Crippen molar-refractivity contribution in [2.75, 3.05) is 4.90 Å². The van der Waals surface area contributed by atoms with Crippen LogP contribution in [0.1, 0.15) is 0 Å². The first kappa shape index (κ1) is 33.0. The van der Waals surface area contributed by atoms with Crippen molar-refractivity contribution < 1.29 is 0 Å². The van der Waals surface area contributed by atoms with Crippen LogP contribution < -0.4 is 4.90 Å². The van der Waals surface area contributed by atoms with Crippen molar-refractivity contribution in [2.24, 2.45) is 0 Å². The highest BCUT2D eigenvalue weighted by Crippen LogP contribution is 2.38. The third-order valence-electron chi connectivity index (χ3n) is 10.2. The smallest absolute Gasteiger partial charge is 0.238 e. The molecule has 10 aromatic rings. The van der Waals surface area contributed by atoms with Crippen LogP contribution in [0.5, 0.6) is 0 Å². The van der Waals surface area contributed by atoms with Crippen molar-refractivity contribution in [3.8, 4) is 51.0 Å². The lowest BCUT2D eigenvalue weighted by Crippen LogP contribution is -2.09. The second-order valence-corrected chi connectivity index (χ2v) is 13.7. The predicted molar refractivity (Wildman–Crippen MR) is 231 cm³/mol. The van der Waals surface area contributed by atoms with Crippen LogP contribution in [-0.4, -0.2) is 19.5 Å². The van der Waals surface area contributed by atoms with Crippen molar-refractivity contribution in [3.63, 3.8) is 0 Å². The van der Waals surface area contributed by atoms with Gasteiger partial charge in [0, 0.05) is 39.0 Å². The Balaban J connectivity index is 1.13. The molecule has 0 saturated carbocycles. The topological polar surface area (TPSA) is 46.8 Å². The van der Waals surface area contributed by atoms with Gasteiger partial charge in [-0.05, 0) is 82.9 Å².